The second kappa shape index (κ2) is 11.1. The molecule has 0 spiro atoms. The third-order valence-corrected chi connectivity index (χ3v) is 5.69. The number of ether oxygens (including phenoxy) is 1. The van der Waals surface area contributed by atoms with E-state index in [0.29, 0.717) is 5.92 Å². The lowest BCUT2D eigenvalue weighted by atomic mass is 10.00. The molecule has 2 aromatic carbocycles. The van der Waals surface area contributed by atoms with Gasteiger partial charge in [-0.05, 0) is 55.9 Å². The first-order valence-corrected chi connectivity index (χ1v) is 11.0. The predicted octanol–water partition coefficient (Wildman–Crippen LogP) is 5.01. The summed E-state index contributed by atoms with van der Waals surface area (Å²) in [6, 6.07) is 14.2. The Labute approximate surface area is 178 Å². The number of aryl methyl sites for hydroxylation is 2. The molecule has 0 aromatic heterocycles. The molecular formula is C24H31NO3S. The minimum absolute atomic E-state index is 0.140. The van der Waals surface area contributed by atoms with Gasteiger partial charge in [0.05, 0.1) is 11.8 Å². The van der Waals surface area contributed by atoms with Crippen LogP contribution in [-0.4, -0.2) is 24.2 Å². The van der Waals surface area contributed by atoms with Crippen LogP contribution in [0, 0.1) is 19.8 Å². The summed E-state index contributed by atoms with van der Waals surface area (Å²) in [5.41, 5.74) is 4.64. The molecule has 0 heterocycles. The number of esters is 1. The lowest BCUT2D eigenvalue weighted by Gasteiger charge is -2.15. The number of carbonyl (C=O) groups is 2. The van der Waals surface area contributed by atoms with Crippen molar-refractivity contribution in [3.05, 3.63) is 64.7 Å². The van der Waals surface area contributed by atoms with Crippen LogP contribution in [0.1, 0.15) is 49.1 Å². The van der Waals surface area contributed by atoms with Gasteiger partial charge in [0.15, 0.2) is 6.61 Å². The Balaban J connectivity index is 1.74. The molecule has 0 saturated carbocycles. The summed E-state index contributed by atoms with van der Waals surface area (Å²) in [5.74, 6) is 0.106. The normalized spacial score (nSPS) is 11.9. The molecule has 0 saturated heterocycles. The monoisotopic (exact) mass is 413 g/mol. The van der Waals surface area contributed by atoms with Crippen molar-refractivity contribution >= 4 is 23.6 Å². The Morgan fingerprint density at radius 2 is 1.72 bits per heavy atom. The summed E-state index contributed by atoms with van der Waals surface area (Å²) < 4.78 is 5.12. The summed E-state index contributed by atoms with van der Waals surface area (Å²) >= 11 is 1.43. The average molecular weight is 414 g/mol. The molecule has 2 rings (SSSR count). The average Bonchev–Trinajstić information content (AvgIpc) is 2.65. The third kappa shape index (κ3) is 7.94. The van der Waals surface area contributed by atoms with E-state index in [2.05, 4.69) is 37.4 Å². The highest BCUT2D eigenvalue weighted by Crippen LogP contribution is 2.23. The topological polar surface area (TPSA) is 55.4 Å². The number of carbonyl (C=O) groups excluding carboxylic acids is 2. The lowest BCUT2D eigenvalue weighted by Crippen LogP contribution is -2.31. The number of hydrogen-bond acceptors (Lipinski definition) is 4. The Bertz CT molecular complexity index is 831. The van der Waals surface area contributed by atoms with Crippen LogP contribution in [0.3, 0.4) is 0 Å². The van der Waals surface area contributed by atoms with Gasteiger partial charge >= 0.3 is 5.97 Å². The molecule has 4 nitrogen and oxygen atoms in total. The maximum atomic E-state index is 12.1. The van der Waals surface area contributed by atoms with E-state index >= 15 is 0 Å². The van der Waals surface area contributed by atoms with Gasteiger partial charge in [0.1, 0.15) is 0 Å². The Morgan fingerprint density at radius 3 is 2.34 bits per heavy atom. The first kappa shape index (κ1) is 23.0. The second-order valence-corrected chi connectivity index (χ2v) is 8.86. The van der Waals surface area contributed by atoms with Gasteiger partial charge in [0, 0.05) is 4.90 Å². The van der Waals surface area contributed by atoms with Gasteiger partial charge in [0.25, 0.3) is 5.91 Å². The summed E-state index contributed by atoms with van der Waals surface area (Å²) in [5, 5.41) is 2.88. The maximum Gasteiger partial charge on any atom is 0.316 e. The van der Waals surface area contributed by atoms with Gasteiger partial charge < -0.3 is 10.1 Å². The zero-order chi connectivity index (χ0) is 21.4. The minimum Gasteiger partial charge on any atom is -0.455 e. The molecular weight excluding hydrogens is 382 g/mol. The quantitative estimate of drug-likeness (QED) is 0.463. The molecule has 1 N–H and O–H groups in total. The fraction of sp³-hybridized carbons (Fsp3) is 0.417. The molecule has 0 fully saturated rings. The Kier molecular flexibility index (Phi) is 8.77. The van der Waals surface area contributed by atoms with Crippen molar-refractivity contribution < 1.29 is 14.3 Å². The number of benzene rings is 2. The van der Waals surface area contributed by atoms with Crippen LogP contribution in [0.15, 0.2) is 47.4 Å². The number of hydrogen-bond donors (Lipinski definition) is 1. The first-order chi connectivity index (χ1) is 13.7. The largest absolute Gasteiger partial charge is 0.455 e. The van der Waals surface area contributed by atoms with Gasteiger partial charge in [-0.15, -0.1) is 11.8 Å². The second-order valence-electron chi connectivity index (χ2n) is 7.85. The Morgan fingerprint density at radius 1 is 1.03 bits per heavy atom. The standard InChI is InChI=1S/C24H31NO3S/c1-16(2)12-20-7-9-21(10-8-20)19(5)25-23(26)14-28-24(27)15-29-22-11-6-17(3)13-18(22)4/h6-11,13,16,19H,12,14-15H2,1-5H3,(H,25,26)/t19-/m0/s1. The summed E-state index contributed by atoms with van der Waals surface area (Å²) in [4.78, 5) is 25.1. The number of rotatable bonds is 9. The molecule has 2 aromatic rings. The zero-order valence-corrected chi connectivity index (χ0v) is 18.8. The fourth-order valence-electron chi connectivity index (χ4n) is 3.07. The molecule has 0 bridgehead atoms. The van der Waals surface area contributed by atoms with Crippen LogP contribution in [0.5, 0.6) is 0 Å². The highest BCUT2D eigenvalue weighted by atomic mass is 32.2. The van der Waals surface area contributed by atoms with Crippen molar-refractivity contribution in [1.29, 1.82) is 0 Å². The predicted molar refractivity (Wildman–Crippen MR) is 119 cm³/mol. The molecule has 0 radical (unpaired) electrons. The number of nitrogens with one attached hydrogen (secondary N) is 1. The smallest absolute Gasteiger partial charge is 0.316 e. The van der Waals surface area contributed by atoms with Crippen molar-refractivity contribution in [2.24, 2.45) is 5.92 Å². The number of thioether (sulfide) groups is 1. The van der Waals surface area contributed by atoms with Crippen molar-refractivity contribution in [3.63, 3.8) is 0 Å². The molecule has 0 unspecified atom stereocenters. The maximum absolute atomic E-state index is 12.1. The van der Waals surface area contributed by atoms with E-state index in [-0.39, 0.29) is 24.3 Å². The third-order valence-electron chi connectivity index (χ3n) is 4.54. The van der Waals surface area contributed by atoms with E-state index in [4.69, 9.17) is 4.74 Å². The number of amides is 1. The molecule has 156 valence electrons. The van der Waals surface area contributed by atoms with Crippen LogP contribution in [-0.2, 0) is 20.7 Å². The van der Waals surface area contributed by atoms with E-state index in [9.17, 15) is 9.59 Å². The van der Waals surface area contributed by atoms with Crippen molar-refractivity contribution in [2.75, 3.05) is 12.4 Å². The summed E-state index contributed by atoms with van der Waals surface area (Å²) in [6.07, 6.45) is 1.04. The molecule has 0 aliphatic heterocycles. The van der Waals surface area contributed by atoms with Crippen LogP contribution >= 0.6 is 11.8 Å². The lowest BCUT2D eigenvalue weighted by molar-refractivity contribution is -0.146. The van der Waals surface area contributed by atoms with E-state index in [1.807, 2.05) is 45.0 Å². The van der Waals surface area contributed by atoms with Crippen LogP contribution in [0.2, 0.25) is 0 Å². The van der Waals surface area contributed by atoms with Crippen LogP contribution < -0.4 is 5.32 Å². The minimum atomic E-state index is -0.393. The SMILES string of the molecule is Cc1ccc(SCC(=O)OCC(=O)N[C@@H](C)c2ccc(CC(C)C)cc2)c(C)c1. The Hall–Kier alpha value is -2.27. The van der Waals surface area contributed by atoms with Gasteiger partial charge in [-0.3, -0.25) is 9.59 Å². The molecule has 1 amide bonds. The molecule has 1 atom stereocenters. The van der Waals surface area contributed by atoms with Gasteiger partial charge in [-0.25, -0.2) is 0 Å². The molecule has 5 heteroatoms. The summed E-state index contributed by atoms with van der Waals surface area (Å²) in [6.45, 7) is 10.1. The van der Waals surface area contributed by atoms with Crippen LogP contribution in [0.25, 0.3) is 0 Å². The molecule has 0 aliphatic carbocycles. The van der Waals surface area contributed by atoms with Crippen molar-refractivity contribution in [1.82, 2.24) is 5.32 Å². The van der Waals surface area contributed by atoms with E-state index in [0.717, 1.165) is 22.4 Å². The first-order valence-electron chi connectivity index (χ1n) is 9.98. The highest BCUT2D eigenvalue weighted by Gasteiger charge is 2.13. The molecule has 0 aliphatic rings. The molecule has 29 heavy (non-hydrogen) atoms. The highest BCUT2D eigenvalue weighted by molar-refractivity contribution is 8.00. The zero-order valence-electron chi connectivity index (χ0n) is 18.0. The van der Waals surface area contributed by atoms with E-state index < -0.39 is 5.97 Å². The van der Waals surface area contributed by atoms with Crippen molar-refractivity contribution in [3.8, 4) is 0 Å². The summed E-state index contributed by atoms with van der Waals surface area (Å²) in [7, 11) is 0. The van der Waals surface area contributed by atoms with Crippen molar-refractivity contribution in [2.45, 2.75) is 52.0 Å². The van der Waals surface area contributed by atoms with Crippen LogP contribution in [0.4, 0.5) is 0 Å². The van der Waals surface area contributed by atoms with Gasteiger partial charge in [-0.1, -0.05) is 55.8 Å². The fourth-order valence-corrected chi connectivity index (χ4v) is 3.87. The van der Waals surface area contributed by atoms with E-state index in [1.165, 1.54) is 22.9 Å². The van der Waals surface area contributed by atoms with Gasteiger partial charge in [0.2, 0.25) is 0 Å². The van der Waals surface area contributed by atoms with Gasteiger partial charge in [-0.2, -0.15) is 0 Å². The van der Waals surface area contributed by atoms with E-state index in [1.54, 1.807) is 0 Å².